The van der Waals surface area contributed by atoms with Crippen LogP contribution in [-0.4, -0.2) is 58.6 Å². The van der Waals surface area contributed by atoms with Crippen LogP contribution in [0.15, 0.2) is 397 Å². The molecule has 12 heterocycles. The van der Waals surface area contributed by atoms with Crippen molar-refractivity contribution in [2.24, 2.45) is 0 Å². The zero-order valence-electron chi connectivity index (χ0n) is 60.9. The Bertz CT molecular complexity index is 6240. The first-order valence-electron chi connectivity index (χ1n) is 37.2. The lowest BCUT2D eigenvalue weighted by Gasteiger charge is -2.12. The molecule has 0 unspecified atom stereocenters. The molecule has 0 saturated carbocycles. The summed E-state index contributed by atoms with van der Waals surface area (Å²) >= 11 is 10.9. The van der Waals surface area contributed by atoms with E-state index in [1.807, 2.05) is 134 Å². The van der Waals surface area contributed by atoms with Gasteiger partial charge in [0.15, 0.2) is 0 Å². The Hall–Kier alpha value is -13.8. The second-order valence-electron chi connectivity index (χ2n) is 27.4. The number of rotatable bonds is 12. The van der Waals surface area contributed by atoms with Gasteiger partial charge in [0.25, 0.3) is 0 Å². The molecule has 0 aliphatic rings. The Morgan fingerprint density at radius 1 is 0.175 bits per heavy atom. The molecule has 9 aromatic carbocycles. The van der Waals surface area contributed by atoms with E-state index in [0.717, 1.165) is 176 Å². The van der Waals surface area contributed by atoms with Crippen molar-refractivity contribution in [3.05, 3.63) is 397 Å². The molecule has 15 heteroatoms. The Balaban J connectivity index is 0.000000115. The summed E-state index contributed by atoms with van der Waals surface area (Å²) in [6, 6.07) is 117. The lowest BCUT2D eigenvalue weighted by atomic mass is 9.96. The molecular formula is C99H63Br3N12. The van der Waals surface area contributed by atoms with E-state index in [1.54, 1.807) is 12.4 Å². The molecular weight excluding hydrogens is 1600 g/mol. The second kappa shape index (κ2) is 31.1. The summed E-state index contributed by atoms with van der Waals surface area (Å²) < 4.78 is 9.83. The van der Waals surface area contributed by atoms with Crippen LogP contribution in [0.2, 0.25) is 0 Å². The third-order valence-corrected chi connectivity index (χ3v) is 21.8. The van der Waals surface area contributed by atoms with Crippen molar-refractivity contribution in [3.8, 4) is 118 Å². The fraction of sp³-hybridized carbons (Fsp3) is 0. The van der Waals surface area contributed by atoms with Crippen LogP contribution in [0.5, 0.6) is 0 Å². The minimum Gasteiger partial charge on any atom is -0.294 e. The highest BCUT2D eigenvalue weighted by Gasteiger charge is 2.20. The fourth-order valence-electron chi connectivity index (χ4n) is 15.0. The van der Waals surface area contributed by atoms with Crippen LogP contribution >= 0.6 is 47.8 Å². The average molecular weight is 1660 g/mol. The summed E-state index contributed by atoms with van der Waals surface area (Å²) in [5.74, 6) is 0. The molecule has 0 bridgehead atoms. The summed E-state index contributed by atoms with van der Waals surface area (Å²) in [6.07, 6.45) is 12.8. The molecule has 0 atom stereocenters. The van der Waals surface area contributed by atoms with Gasteiger partial charge < -0.3 is 0 Å². The number of fused-ring (bicyclic) bond motifs is 9. The van der Waals surface area contributed by atoms with Gasteiger partial charge in [-0.2, -0.15) is 0 Å². The van der Waals surface area contributed by atoms with Crippen molar-refractivity contribution in [2.45, 2.75) is 0 Å². The van der Waals surface area contributed by atoms with Gasteiger partial charge in [-0.15, -0.1) is 0 Å². The smallest absolute Gasteiger partial charge is 0.145 e. The zero-order valence-corrected chi connectivity index (χ0v) is 65.6. The molecule has 21 aromatic rings. The van der Waals surface area contributed by atoms with E-state index in [2.05, 4.69) is 318 Å². The summed E-state index contributed by atoms with van der Waals surface area (Å²) in [7, 11) is 0. The Morgan fingerprint density at radius 2 is 0.465 bits per heavy atom. The van der Waals surface area contributed by atoms with Crippen LogP contribution < -0.4 is 0 Å². The molecule has 0 amide bonds. The highest BCUT2D eigenvalue weighted by molar-refractivity contribution is 9.11. The van der Waals surface area contributed by atoms with Gasteiger partial charge in [0.1, 0.15) is 16.9 Å². The zero-order chi connectivity index (χ0) is 76.4. The summed E-state index contributed by atoms with van der Waals surface area (Å²) in [5, 5.41) is 6.92. The van der Waals surface area contributed by atoms with Gasteiger partial charge in [-0.1, -0.05) is 169 Å². The summed E-state index contributed by atoms with van der Waals surface area (Å²) in [4.78, 5) is 42.4. The Labute approximate surface area is 681 Å². The minimum absolute atomic E-state index is 0.810. The van der Waals surface area contributed by atoms with E-state index in [9.17, 15) is 0 Å². The van der Waals surface area contributed by atoms with Crippen LogP contribution in [0.4, 0.5) is 0 Å². The van der Waals surface area contributed by atoms with Crippen molar-refractivity contribution >= 4 is 114 Å². The van der Waals surface area contributed by atoms with Crippen LogP contribution in [0, 0.1) is 0 Å². The van der Waals surface area contributed by atoms with E-state index >= 15 is 0 Å². The number of hydrogen-bond acceptors (Lipinski definition) is 9. The van der Waals surface area contributed by atoms with Crippen molar-refractivity contribution < 1.29 is 0 Å². The monoisotopic (exact) mass is 1660 g/mol. The highest BCUT2D eigenvalue weighted by atomic mass is 79.9. The number of benzene rings is 9. The Morgan fingerprint density at radius 3 is 0.833 bits per heavy atom. The van der Waals surface area contributed by atoms with Gasteiger partial charge in [0.2, 0.25) is 0 Å². The van der Waals surface area contributed by atoms with Gasteiger partial charge in [0.05, 0.1) is 62.1 Å². The molecule has 0 N–H and O–H groups in total. The van der Waals surface area contributed by atoms with Crippen LogP contribution in [-0.2, 0) is 0 Å². The first-order valence-corrected chi connectivity index (χ1v) is 39.5. The van der Waals surface area contributed by atoms with Gasteiger partial charge >= 0.3 is 0 Å². The number of aromatic nitrogens is 12. The number of pyridine rings is 9. The van der Waals surface area contributed by atoms with Gasteiger partial charge in [0, 0.05) is 128 Å². The molecule has 21 rings (SSSR count). The van der Waals surface area contributed by atoms with Crippen molar-refractivity contribution in [3.63, 3.8) is 0 Å². The van der Waals surface area contributed by atoms with E-state index in [1.165, 1.54) is 21.7 Å². The van der Waals surface area contributed by atoms with E-state index in [4.69, 9.17) is 24.9 Å². The molecule has 0 aliphatic heterocycles. The van der Waals surface area contributed by atoms with Crippen molar-refractivity contribution in [1.29, 1.82) is 0 Å². The fourth-order valence-corrected chi connectivity index (χ4v) is 16.1. The molecule has 0 fully saturated rings. The average Bonchev–Trinajstić information content (AvgIpc) is 1.59. The van der Waals surface area contributed by atoms with Crippen LogP contribution in [0.1, 0.15) is 0 Å². The number of hydrogen-bond donors (Lipinski definition) is 0. The van der Waals surface area contributed by atoms with Crippen LogP contribution in [0.25, 0.3) is 184 Å². The molecule has 12 aromatic heterocycles. The predicted octanol–water partition coefficient (Wildman–Crippen LogP) is 26.2. The molecule has 540 valence electrons. The molecule has 114 heavy (non-hydrogen) atoms. The molecule has 12 nitrogen and oxygen atoms in total. The SMILES string of the molecule is Brc1ccc2c(c1)c1cccnc1n2-c1ccc(-c2cc(-c3ccccc3)cc(-c3ccccc3)n2)cc1.Brc1ccc2c(c1)c1cccnc1n2-c1ccc(-c2cc(-c3ccccn3)cc(-c3ccccn3)c2)cc1.Brc1ccc2c(c1)c1cccnc1n2-c1ccc(-c2cc(-c3ccccn3)nc(-c3ccccn3)c2)cc1. The first kappa shape index (κ1) is 70.5. The molecule has 0 spiro atoms. The Kier molecular flexibility index (Phi) is 19.3. The van der Waals surface area contributed by atoms with E-state index in [0.29, 0.717) is 0 Å². The van der Waals surface area contributed by atoms with Gasteiger partial charge in [-0.25, -0.2) is 24.9 Å². The molecule has 0 aliphatic carbocycles. The van der Waals surface area contributed by atoms with Crippen molar-refractivity contribution in [1.82, 2.24) is 58.6 Å². The van der Waals surface area contributed by atoms with Crippen molar-refractivity contribution in [2.75, 3.05) is 0 Å². The quantitative estimate of drug-likeness (QED) is 0.117. The van der Waals surface area contributed by atoms with Gasteiger partial charge in [-0.3, -0.25) is 33.6 Å². The molecule has 0 saturated heterocycles. The van der Waals surface area contributed by atoms with Gasteiger partial charge in [-0.05, 0) is 252 Å². The third-order valence-electron chi connectivity index (χ3n) is 20.3. The standard InChI is InChI=1S/C34H22BrN3.C33H21BrN4.C32H20BrN5/c35-27-15-18-33-30(22-27)29-12-7-19-36-34(29)38(33)28-16-13-25(14-17-28)32-21-26(23-8-3-1-4-9-23)20-31(37-32)24-10-5-2-6-11-24;34-26-11-14-32-29(21-26)28-6-5-17-37-33(28)38(32)27-12-9-22(10-13-27)23-18-24(30-7-1-3-15-35-30)20-25(19-23)31-8-2-4-16-36-31;33-23-11-14-31-26(20-23)25-6-5-17-36-32(25)38(31)24-12-9-21(10-13-24)22-18-29(27-7-1-3-15-34-27)37-30(19-22)28-8-2-4-16-35-28/h1-22H;1-21H;1-20H. The second-order valence-corrected chi connectivity index (χ2v) is 30.1. The lowest BCUT2D eigenvalue weighted by Crippen LogP contribution is -1.96. The lowest BCUT2D eigenvalue weighted by molar-refractivity contribution is 1.13. The number of halogens is 3. The first-order chi connectivity index (χ1) is 56.2. The third kappa shape index (κ3) is 14.1. The maximum absolute atomic E-state index is 5.08. The largest absolute Gasteiger partial charge is 0.294 e. The normalized spacial score (nSPS) is 11.3. The highest BCUT2D eigenvalue weighted by Crippen LogP contribution is 2.40. The maximum atomic E-state index is 5.08. The van der Waals surface area contributed by atoms with Crippen LogP contribution in [0.3, 0.4) is 0 Å². The minimum atomic E-state index is 0.810. The summed E-state index contributed by atoms with van der Waals surface area (Å²) in [6.45, 7) is 0. The molecule has 0 radical (unpaired) electrons. The van der Waals surface area contributed by atoms with E-state index in [-0.39, 0.29) is 0 Å². The topological polar surface area (TPSA) is 131 Å². The maximum Gasteiger partial charge on any atom is 0.145 e. The number of nitrogens with zero attached hydrogens (tertiary/aromatic N) is 12. The summed E-state index contributed by atoms with van der Waals surface area (Å²) in [5.41, 5.74) is 27.4. The van der Waals surface area contributed by atoms with E-state index < -0.39 is 0 Å². The predicted molar refractivity (Wildman–Crippen MR) is 475 cm³/mol.